The number of amides is 1. The van der Waals surface area contributed by atoms with Gasteiger partial charge < -0.3 is 9.74 Å². The molecule has 5 nitrogen and oxygen atoms in total. The van der Waals surface area contributed by atoms with E-state index in [1.807, 2.05) is 29.2 Å². The summed E-state index contributed by atoms with van der Waals surface area (Å²) in [5, 5.41) is 4.21. The van der Waals surface area contributed by atoms with Crippen LogP contribution in [0.25, 0.3) is 0 Å². The third-order valence-electron chi connectivity index (χ3n) is 5.11. The van der Waals surface area contributed by atoms with Crippen molar-refractivity contribution < 1.29 is 14.4 Å². The highest BCUT2D eigenvalue weighted by Crippen LogP contribution is 2.26. The van der Waals surface area contributed by atoms with Crippen molar-refractivity contribution in [3.05, 3.63) is 51.2 Å². The topological polar surface area (TPSA) is 59.0 Å². The standard InChI is InChI=1S/C21H21ClN2O3S/c22-20-11-10-19(28-20)18(25)9-8-16-13-17(23-27-16)14-4-6-15(7-5-14)24-12-2-1-3-21(24)26/h4-7,10-11,16H,1-3,8-9,12-13H2. The number of hydrogen-bond donors (Lipinski definition) is 0. The first-order valence-electron chi connectivity index (χ1n) is 9.52. The molecule has 2 aromatic rings. The summed E-state index contributed by atoms with van der Waals surface area (Å²) in [6.07, 6.45) is 4.29. The number of oxime groups is 1. The number of thiophene rings is 1. The Morgan fingerprint density at radius 1 is 1.21 bits per heavy atom. The second kappa shape index (κ2) is 8.45. The fourth-order valence-electron chi connectivity index (χ4n) is 3.55. The zero-order chi connectivity index (χ0) is 19.5. The molecular weight excluding hydrogens is 396 g/mol. The van der Waals surface area contributed by atoms with Crippen molar-refractivity contribution in [2.75, 3.05) is 11.4 Å². The lowest BCUT2D eigenvalue weighted by Crippen LogP contribution is -2.35. The maximum absolute atomic E-state index is 12.2. The number of rotatable bonds is 6. The SMILES string of the molecule is O=C(CCC1CC(c2ccc(N3CCCCC3=O)cc2)=NO1)c1ccc(Cl)s1. The van der Waals surface area contributed by atoms with Gasteiger partial charge in [0.2, 0.25) is 5.91 Å². The van der Waals surface area contributed by atoms with Crippen LogP contribution in [0.4, 0.5) is 5.69 Å². The van der Waals surface area contributed by atoms with Gasteiger partial charge in [0.1, 0.15) is 6.10 Å². The van der Waals surface area contributed by atoms with Crippen LogP contribution in [0.2, 0.25) is 4.34 Å². The van der Waals surface area contributed by atoms with Crippen molar-refractivity contribution in [1.29, 1.82) is 0 Å². The van der Waals surface area contributed by atoms with Gasteiger partial charge in [-0.05, 0) is 49.1 Å². The van der Waals surface area contributed by atoms with Crippen LogP contribution in [0.15, 0.2) is 41.6 Å². The minimum absolute atomic E-state index is 0.0854. The van der Waals surface area contributed by atoms with E-state index in [-0.39, 0.29) is 17.8 Å². The summed E-state index contributed by atoms with van der Waals surface area (Å²) in [6, 6.07) is 11.4. The van der Waals surface area contributed by atoms with Crippen LogP contribution in [0.3, 0.4) is 0 Å². The number of carbonyl (C=O) groups excluding carboxylic acids is 2. The molecule has 0 bridgehead atoms. The van der Waals surface area contributed by atoms with Crippen LogP contribution in [0.5, 0.6) is 0 Å². The van der Waals surface area contributed by atoms with Gasteiger partial charge in [0.25, 0.3) is 0 Å². The molecule has 0 spiro atoms. The predicted octanol–water partition coefficient (Wildman–Crippen LogP) is 5.07. The minimum Gasteiger partial charge on any atom is -0.392 e. The van der Waals surface area contributed by atoms with E-state index in [1.165, 1.54) is 11.3 Å². The van der Waals surface area contributed by atoms with Gasteiger partial charge >= 0.3 is 0 Å². The number of Topliss-reactive ketones (excluding diaryl/α,β-unsaturated/α-hetero) is 1. The normalized spacial score (nSPS) is 19.5. The quantitative estimate of drug-likeness (QED) is 0.617. The second-order valence-electron chi connectivity index (χ2n) is 7.08. The van der Waals surface area contributed by atoms with Crippen LogP contribution in [-0.2, 0) is 9.63 Å². The molecular formula is C21H21ClN2O3S. The van der Waals surface area contributed by atoms with Crippen molar-refractivity contribution in [2.45, 2.75) is 44.6 Å². The lowest BCUT2D eigenvalue weighted by Gasteiger charge is -2.26. The summed E-state index contributed by atoms with van der Waals surface area (Å²) in [7, 11) is 0. The molecule has 1 saturated heterocycles. The highest BCUT2D eigenvalue weighted by Gasteiger charge is 2.24. The molecule has 0 radical (unpaired) electrons. The molecule has 2 aliphatic rings. The number of anilines is 1. The molecule has 1 amide bonds. The lowest BCUT2D eigenvalue weighted by molar-refractivity contribution is -0.119. The van der Waals surface area contributed by atoms with Gasteiger partial charge in [0, 0.05) is 31.5 Å². The third-order valence-corrected chi connectivity index (χ3v) is 6.38. The average Bonchev–Trinajstić information content (AvgIpc) is 3.36. The lowest BCUT2D eigenvalue weighted by atomic mass is 10.0. The molecule has 2 aliphatic heterocycles. The fraction of sp³-hybridized carbons (Fsp3) is 0.381. The predicted molar refractivity (Wildman–Crippen MR) is 112 cm³/mol. The maximum Gasteiger partial charge on any atom is 0.226 e. The Morgan fingerprint density at radius 3 is 2.75 bits per heavy atom. The number of carbonyl (C=O) groups is 2. The number of hydrogen-bond acceptors (Lipinski definition) is 5. The van der Waals surface area contributed by atoms with Crippen molar-refractivity contribution >= 4 is 46.0 Å². The summed E-state index contributed by atoms with van der Waals surface area (Å²) in [4.78, 5) is 32.3. The smallest absolute Gasteiger partial charge is 0.226 e. The van der Waals surface area contributed by atoms with Gasteiger partial charge in [-0.2, -0.15) is 0 Å². The number of piperidine rings is 1. The Balaban J connectivity index is 1.31. The third kappa shape index (κ3) is 4.28. The highest BCUT2D eigenvalue weighted by atomic mass is 35.5. The number of nitrogens with zero attached hydrogens (tertiary/aromatic N) is 2. The van der Waals surface area contributed by atoms with Crippen LogP contribution in [-0.4, -0.2) is 30.1 Å². The highest BCUT2D eigenvalue weighted by molar-refractivity contribution is 7.18. The molecule has 1 aromatic carbocycles. The molecule has 1 atom stereocenters. The average molecular weight is 417 g/mol. The number of halogens is 1. The van der Waals surface area contributed by atoms with Crippen molar-refractivity contribution in [1.82, 2.24) is 0 Å². The zero-order valence-electron chi connectivity index (χ0n) is 15.4. The Kier molecular flexibility index (Phi) is 5.78. The van der Waals surface area contributed by atoms with E-state index in [9.17, 15) is 9.59 Å². The van der Waals surface area contributed by atoms with Crippen LogP contribution in [0, 0.1) is 0 Å². The van der Waals surface area contributed by atoms with Crippen molar-refractivity contribution in [3.8, 4) is 0 Å². The van der Waals surface area contributed by atoms with Crippen molar-refractivity contribution in [2.24, 2.45) is 5.16 Å². The molecule has 4 rings (SSSR count). The number of benzene rings is 1. The monoisotopic (exact) mass is 416 g/mol. The van der Waals surface area contributed by atoms with Gasteiger partial charge in [0.15, 0.2) is 5.78 Å². The molecule has 28 heavy (non-hydrogen) atoms. The van der Waals surface area contributed by atoms with Gasteiger partial charge in [-0.15, -0.1) is 11.3 Å². The Hall–Kier alpha value is -2.18. The van der Waals surface area contributed by atoms with E-state index < -0.39 is 0 Å². The van der Waals surface area contributed by atoms with Crippen molar-refractivity contribution in [3.63, 3.8) is 0 Å². The molecule has 7 heteroatoms. The van der Waals surface area contributed by atoms with Gasteiger partial charge in [-0.3, -0.25) is 9.59 Å². The van der Waals surface area contributed by atoms with Crippen LogP contribution >= 0.6 is 22.9 Å². The van der Waals surface area contributed by atoms with E-state index in [0.29, 0.717) is 34.9 Å². The minimum atomic E-state index is -0.0854. The van der Waals surface area contributed by atoms with E-state index >= 15 is 0 Å². The molecule has 1 aromatic heterocycles. The first-order valence-corrected chi connectivity index (χ1v) is 10.7. The first kappa shape index (κ1) is 19.2. The van der Waals surface area contributed by atoms with Crippen LogP contribution in [0.1, 0.15) is 53.8 Å². The first-order chi connectivity index (χ1) is 13.6. The fourth-order valence-corrected chi connectivity index (χ4v) is 4.56. The van der Waals surface area contributed by atoms with Gasteiger partial charge in [0.05, 0.1) is 14.9 Å². The van der Waals surface area contributed by atoms with Gasteiger partial charge in [-0.25, -0.2) is 0 Å². The van der Waals surface area contributed by atoms with E-state index in [4.69, 9.17) is 16.4 Å². The second-order valence-corrected chi connectivity index (χ2v) is 8.80. The van der Waals surface area contributed by atoms with E-state index in [0.717, 1.165) is 36.3 Å². The molecule has 0 N–H and O–H groups in total. The Morgan fingerprint density at radius 2 is 2.04 bits per heavy atom. The summed E-state index contributed by atoms with van der Waals surface area (Å²) in [5.74, 6) is 0.279. The van der Waals surface area contributed by atoms with Crippen LogP contribution < -0.4 is 4.90 Å². The summed E-state index contributed by atoms with van der Waals surface area (Å²) in [6.45, 7) is 0.786. The van der Waals surface area contributed by atoms with E-state index in [2.05, 4.69) is 5.16 Å². The van der Waals surface area contributed by atoms with E-state index in [1.54, 1.807) is 12.1 Å². The summed E-state index contributed by atoms with van der Waals surface area (Å²) in [5.41, 5.74) is 2.81. The molecule has 1 unspecified atom stereocenters. The maximum atomic E-state index is 12.2. The number of ketones is 1. The Labute approximate surface area is 172 Å². The molecule has 146 valence electrons. The molecule has 0 aliphatic carbocycles. The Bertz CT molecular complexity index is 907. The van der Waals surface area contributed by atoms with Gasteiger partial charge in [-0.1, -0.05) is 28.9 Å². The summed E-state index contributed by atoms with van der Waals surface area (Å²) >= 11 is 7.20. The summed E-state index contributed by atoms with van der Waals surface area (Å²) < 4.78 is 0.626. The molecule has 0 saturated carbocycles. The largest absolute Gasteiger partial charge is 0.392 e. The molecule has 1 fully saturated rings. The zero-order valence-corrected chi connectivity index (χ0v) is 17.0. The molecule has 3 heterocycles.